The van der Waals surface area contributed by atoms with Crippen LogP contribution >= 0.6 is 0 Å². The molecule has 0 bridgehead atoms. The van der Waals surface area contributed by atoms with Gasteiger partial charge in [-0.3, -0.25) is 9.59 Å². The Hall–Kier alpha value is -2.68. The van der Waals surface area contributed by atoms with Crippen LogP contribution in [0.3, 0.4) is 0 Å². The Morgan fingerprint density at radius 3 is 2.17 bits per heavy atom. The van der Waals surface area contributed by atoms with Crippen molar-refractivity contribution in [3.8, 4) is 0 Å². The minimum absolute atomic E-state index is 0.0166. The van der Waals surface area contributed by atoms with Crippen molar-refractivity contribution in [2.24, 2.45) is 5.92 Å². The van der Waals surface area contributed by atoms with E-state index in [4.69, 9.17) is 0 Å². The number of rotatable bonds is 6. The number of carbonyl (C=O) groups is 2. The van der Waals surface area contributed by atoms with E-state index < -0.39 is 0 Å². The predicted molar refractivity (Wildman–Crippen MR) is 99.1 cm³/mol. The molecule has 124 valence electrons. The van der Waals surface area contributed by atoms with Crippen molar-refractivity contribution >= 4 is 23.5 Å². The average molecular weight is 321 g/mol. The third-order valence-corrected chi connectivity index (χ3v) is 3.54. The van der Waals surface area contributed by atoms with Crippen molar-refractivity contribution in [2.75, 3.05) is 5.32 Å². The third-order valence-electron chi connectivity index (χ3n) is 3.54. The van der Waals surface area contributed by atoms with Gasteiger partial charge >= 0.3 is 0 Å². The molecular weight excluding hydrogens is 298 g/mol. The SMILES string of the molecule is CC(=O)Nc1ccc(/C=C/C(=O)c2ccc(CC(C)C)cc2)cc1. The first kappa shape index (κ1) is 17.7. The lowest BCUT2D eigenvalue weighted by molar-refractivity contribution is -0.114. The summed E-state index contributed by atoms with van der Waals surface area (Å²) >= 11 is 0. The topological polar surface area (TPSA) is 46.2 Å². The highest BCUT2D eigenvalue weighted by Crippen LogP contribution is 2.13. The second kappa shape index (κ2) is 8.25. The van der Waals surface area contributed by atoms with Crippen LogP contribution in [-0.2, 0) is 11.2 Å². The van der Waals surface area contributed by atoms with Crippen molar-refractivity contribution in [3.05, 3.63) is 71.3 Å². The Morgan fingerprint density at radius 2 is 1.62 bits per heavy atom. The van der Waals surface area contributed by atoms with Gasteiger partial charge in [0, 0.05) is 18.2 Å². The summed E-state index contributed by atoms with van der Waals surface area (Å²) < 4.78 is 0. The highest BCUT2D eigenvalue weighted by Gasteiger charge is 2.03. The number of benzene rings is 2. The molecule has 0 radical (unpaired) electrons. The zero-order chi connectivity index (χ0) is 17.5. The molecule has 0 saturated carbocycles. The Labute approximate surface area is 143 Å². The number of hydrogen-bond donors (Lipinski definition) is 1. The number of carbonyl (C=O) groups excluding carboxylic acids is 2. The lowest BCUT2D eigenvalue weighted by Crippen LogP contribution is -2.05. The molecule has 1 N–H and O–H groups in total. The maximum absolute atomic E-state index is 12.2. The van der Waals surface area contributed by atoms with Crippen LogP contribution in [0.5, 0.6) is 0 Å². The van der Waals surface area contributed by atoms with E-state index in [0.29, 0.717) is 11.5 Å². The Kier molecular flexibility index (Phi) is 6.07. The molecule has 0 aliphatic carbocycles. The summed E-state index contributed by atoms with van der Waals surface area (Å²) in [5.41, 5.74) is 3.59. The van der Waals surface area contributed by atoms with Gasteiger partial charge in [0.15, 0.2) is 5.78 Å². The van der Waals surface area contributed by atoms with E-state index in [0.717, 1.165) is 17.7 Å². The lowest BCUT2D eigenvalue weighted by Gasteiger charge is -2.05. The van der Waals surface area contributed by atoms with Gasteiger partial charge in [0.05, 0.1) is 0 Å². The summed E-state index contributed by atoms with van der Waals surface area (Å²) in [5, 5.41) is 2.71. The van der Waals surface area contributed by atoms with E-state index in [9.17, 15) is 9.59 Å². The van der Waals surface area contributed by atoms with Crippen molar-refractivity contribution in [2.45, 2.75) is 27.2 Å². The highest BCUT2D eigenvalue weighted by molar-refractivity contribution is 6.06. The van der Waals surface area contributed by atoms with Gasteiger partial charge in [-0.25, -0.2) is 0 Å². The van der Waals surface area contributed by atoms with E-state index in [2.05, 4.69) is 19.2 Å². The molecule has 0 saturated heterocycles. The van der Waals surface area contributed by atoms with Crippen LogP contribution in [0.2, 0.25) is 0 Å². The summed E-state index contributed by atoms with van der Waals surface area (Å²) in [6.07, 6.45) is 4.37. The molecule has 2 aromatic carbocycles. The molecule has 0 atom stereocenters. The molecule has 3 heteroatoms. The molecule has 3 nitrogen and oxygen atoms in total. The van der Waals surface area contributed by atoms with E-state index in [1.54, 1.807) is 12.2 Å². The molecule has 0 aliphatic heterocycles. The fourth-order valence-electron chi connectivity index (χ4n) is 2.43. The van der Waals surface area contributed by atoms with E-state index in [1.807, 2.05) is 48.5 Å². The quantitative estimate of drug-likeness (QED) is 0.617. The van der Waals surface area contributed by atoms with Crippen molar-refractivity contribution in [1.29, 1.82) is 0 Å². The molecule has 0 heterocycles. The first-order chi connectivity index (χ1) is 11.4. The maximum atomic E-state index is 12.2. The number of ketones is 1. The zero-order valence-corrected chi connectivity index (χ0v) is 14.4. The van der Waals surface area contributed by atoms with Crippen molar-refractivity contribution in [3.63, 3.8) is 0 Å². The van der Waals surface area contributed by atoms with Gasteiger partial charge in [0.2, 0.25) is 5.91 Å². The third kappa shape index (κ3) is 5.51. The molecule has 0 spiro atoms. The summed E-state index contributed by atoms with van der Waals surface area (Å²) in [4.78, 5) is 23.2. The van der Waals surface area contributed by atoms with Gasteiger partial charge in [-0.2, -0.15) is 0 Å². The van der Waals surface area contributed by atoms with Crippen LogP contribution in [0.4, 0.5) is 5.69 Å². The first-order valence-corrected chi connectivity index (χ1v) is 8.13. The minimum Gasteiger partial charge on any atom is -0.326 e. The molecule has 2 aromatic rings. The van der Waals surface area contributed by atoms with Crippen LogP contribution in [0, 0.1) is 5.92 Å². The smallest absolute Gasteiger partial charge is 0.221 e. The first-order valence-electron chi connectivity index (χ1n) is 8.13. The van der Waals surface area contributed by atoms with Gasteiger partial charge in [-0.15, -0.1) is 0 Å². The van der Waals surface area contributed by atoms with Gasteiger partial charge in [-0.1, -0.05) is 56.3 Å². The van der Waals surface area contributed by atoms with Crippen molar-refractivity contribution < 1.29 is 9.59 Å². The Morgan fingerprint density at radius 1 is 1.00 bits per heavy atom. The van der Waals surface area contributed by atoms with Crippen LogP contribution in [0.1, 0.15) is 42.3 Å². The Bertz CT molecular complexity index is 725. The second-order valence-corrected chi connectivity index (χ2v) is 6.30. The average Bonchev–Trinajstić information content (AvgIpc) is 2.53. The molecule has 24 heavy (non-hydrogen) atoms. The van der Waals surface area contributed by atoms with E-state index in [1.165, 1.54) is 12.5 Å². The van der Waals surface area contributed by atoms with Crippen LogP contribution in [-0.4, -0.2) is 11.7 Å². The molecule has 0 unspecified atom stereocenters. The molecule has 0 aromatic heterocycles. The number of nitrogens with one attached hydrogen (secondary N) is 1. The van der Waals surface area contributed by atoms with E-state index in [-0.39, 0.29) is 11.7 Å². The number of amides is 1. The molecular formula is C21H23NO2. The van der Waals surface area contributed by atoms with Crippen molar-refractivity contribution in [1.82, 2.24) is 0 Å². The largest absolute Gasteiger partial charge is 0.326 e. The van der Waals surface area contributed by atoms with E-state index >= 15 is 0 Å². The lowest BCUT2D eigenvalue weighted by atomic mass is 10.0. The monoisotopic (exact) mass is 321 g/mol. The molecule has 1 amide bonds. The van der Waals surface area contributed by atoms with Gasteiger partial charge in [-0.05, 0) is 41.7 Å². The number of anilines is 1. The predicted octanol–water partition coefficient (Wildman–Crippen LogP) is 4.74. The fourth-order valence-corrected chi connectivity index (χ4v) is 2.43. The summed E-state index contributed by atoms with van der Waals surface area (Å²) in [6, 6.07) is 15.1. The summed E-state index contributed by atoms with van der Waals surface area (Å²) in [7, 11) is 0. The second-order valence-electron chi connectivity index (χ2n) is 6.30. The summed E-state index contributed by atoms with van der Waals surface area (Å²) in [5.74, 6) is 0.485. The van der Waals surface area contributed by atoms with Gasteiger partial charge in [0.25, 0.3) is 0 Å². The van der Waals surface area contributed by atoms with Crippen LogP contribution < -0.4 is 5.32 Å². The van der Waals surface area contributed by atoms with Crippen LogP contribution in [0.15, 0.2) is 54.6 Å². The molecule has 0 aliphatic rings. The number of allylic oxidation sites excluding steroid dienone is 1. The zero-order valence-electron chi connectivity index (χ0n) is 14.4. The molecule has 0 fully saturated rings. The van der Waals surface area contributed by atoms with Gasteiger partial charge < -0.3 is 5.32 Å². The summed E-state index contributed by atoms with van der Waals surface area (Å²) in [6.45, 7) is 5.83. The number of hydrogen-bond acceptors (Lipinski definition) is 2. The minimum atomic E-state index is -0.102. The normalized spacial score (nSPS) is 11.0. The maximum Gasteiger partial charge on any atom is 0.221 e. The van der Waals surface area contributed by atoms with Crippen LogP contribution in [0.25, 0.3) is 6.08 Å². The fraction of sp³-hybridized carbons (Fsp3) is 0.238. The van der Waals surface area contributed by atoms with Gasteiger partial charge in [0.1, 0.15) is 0 Å². The highest BCUT2D eigenvalue weighted by atomic mass is 16.1. The Balaban J connectivity index is 2.00. The molecule has 2 rings (SSSR count). The standard InChI is InChI=1S/C21H23NO2/c1-15(2)14-18-4-9-19(10-5-18)21(24)13-8-17-6-11-20(12-7-17)22-16(3)23/h4-13,15H,14H2,1-3H3,(H,22,23)/b13-8+.